The molecular weight excluding hydrogens is 500 g/mol. The van der Waals surface area contributed by atoms with E-state index in [4.69, 9.17) is 14.2 Å². The van der Waals surface area contributed by atoms with Crippen LogP contribution in [0.5, 0.6) is 17.2 Å². The number of methoxy groups -OCH3 is 2. The Kier molecular flexibility index (Phi) is 8.37. The molecule has 4 aromatic carbocycles. The fourth-order valence-electron chi connectivity index (χ4n) is 5.06. The highest BCUT2D eigenvalue weighted by Crippen LogP contribution is 2.33. The number of hydrogen-bond donors (Lipinski definition) is 1. The van der Waals surface area contributed by atoms with Crippen LogP contribution < -0.4 is 19.5 Å². The summed E-state index contributed by atoms with van der Waals surface area (Å²) >= 11 is 0. The highest BCUT2D eigenvalue weighted by molar-refractivity contribution is 6.05. The topological polar surface area (TPSA) is 60.0 Å². The third kappa shape index (κ3) is 6.29. The van der Waals surface area contributed by atoms with E-state index in [1.165, 1.54) is 0 Å². The van der Waals surface area contributed by atoms with Crippen LogP contribution in [0.15, 0.2) is 84.9 Å². The minimum atomic E-state index is -0.182. The highest BCUT2D eigenvalue weighted by Gasteiger charge is 2.18. The molecule has 6 heteroatoms. The molecule has 1 saturated heterocycles. The number of carbonyl (C=O) groups excluding carboxylic acids is 1. The van der Waals surface area contributed by atoms with Crippen LogP contribution >= 0.6 is 0 Å². The molecule has 0 aliphatic carbocycles. The van der Waals surface area contributed by atoms with Crippen molar-refractivity contribution in [2.45, 2.75) is 25.9 Å². The van der Waals surface area contributed by atoms with Crippen molar-refractivity contribution in [2.24, 2.45) is 0 Å². The van der Waals surface area contributed by atoms with E-state index in [-0.39, 0.29) is 12.0 Å². The van der Waals surface area contributed by atoms with Crippen LogP contribution in [0, 0.1) is 6.92 Å². The Bertz CT molecular complexity index is 1470. The van der Waals surface area contributed by atoms with Gasteiger partial charge in [-0.3, -0.25) is 4.79 Å². The van der Waals surface area contributed by atoms with Gasteiger partial charge in [-0.15, -0.1) is 0 Å². The smallest absolute Gasteiger partial charge is 0.255 e. The van der Waals surface area contributed by atoms with Gasteiger partial charge in [-0.05, 0) is 104 Å². The monoisotopic (exact) mass is 536 g/mol. The molecule has 0 spiro atoms. The maximum absolute atomic E-state index is 13.3. The standard InChI is InChI=1S/C34H36N2O4/c1-23-20-25(24-8-12-28(13-9-24)40-29-16-18-36(2)19-17-29)10-14-32(23)35-34(37)27-11-15-33(39-4)31(22-27)26-6-5-7-30(21-26)38-3/h5-15,20-22,29H,16-19H2,1-4H3,(H,35,37). The first kappa shape index (κ1) is 27.3. The number of hydrogen-bond acceptors (Lipinski definition) is 5. The summed E-state index contributed by atoms with van der Waals surface area (Å²) < 4.78 is 17.1. The predicted molar refractivity (Wildman–Crippen MR) is 161 cm³/mol. The van der Waals surface area contributed by atoms with Gasteiger partial charge in [0, 0.05) is 29.9 Å². The van der Waals surface area contributed by atoms with E-state index >= 15 is 0 Å². The number of nitrogens with one attached hydrogen (secondary N) is 1. The number of likely N-dealkylation sites (tertiary alicyclic amines) is 1. The normalized spacial score (nSPS) is 14.0. The Hall–Kier alpha value is -4.29. The third-order valence-electron chi connectivity index (χ3n) is 7.47. The molecule has 0 atom stereocenters. The fourth-order valence-corrected chi connectivity index (χ4v) is 5.06. The third-order valence-corrected chi connectivity index (χ3v) is 7.47. The second-order valence-corrected chi connectivity index (χ2v) is 10.3. The Morgan fingerprint density at radius 3 is 2.25 bits per heavy atom. The van der Waals surface area contributed by atoms with E-state index < -0.39 is 0 Å². The van der Waals surface area contributed by atoms with Crippen LogP contribution in [0.3, 0.4) is 0 Å². The van der Waals surface area contributed by atoms with Crippen molar-refractivity contribution in [1.29, 1.82) is 0 Å². The van der Waals surface area contributed by atoms with Crippen molar-refractivity contribution in [3.63, 3.8) is 0 Å². The quantitative estimate of drug-likeness (QED) is 0.261. The number of piperidine rings is 1. The van der Waals surface area contributed by atoms with Gasteiger partial charge in [0.15, 0.2) is 0 Å². The molecular formula is C34H36N2O4. The maximum Gasteiger partial charge on any atom is 0.255 e. The van der Waals surface area contributed by atoms with Gasteiger partial charge in [-0.1, -0.05) is 30.3 Å². The average molecular weight is 537 g/mol. The number of anilines is 1. The van der Waals surface area contributed by atoms with Gasteiger partial charge in [0.2, 0.25) is 0 Å². The first-order chi connectivity index (χ1) is 19.4. The van der Waals surface area contributed by atoms with Gasteiger partial charge in [0.1, 0.15) is 23.4 Å². The van der Waals surface area contributed by atoms with Crippen LogP contribution in [-0.4, -0.2) is 51.3 Å². The summed E-state index contributed by atoms with van der Waals surface area (Å²) in [5.41, 5.74) is 6.23. The molecule has 0 bridgehead atoms. The summed E-state index contributed by atoms with van der Waals surface area (Å²) in [6.45, 7) is 4.16. The summed E-state index contributed by atoms with van der Waals surface area (Å²) in [6.07, 6.45) is 2.40. The number of benzene rings is 4. The van der Waals surface area contributed by atoms with Crippen molar-refractivity contribution in [2.75, 3.05) is 39.7 Å². The summed E-state index contributed by atoms with van der Waals surface area (Å²) in [5, 5.41) is 3.07. The molecule has 0 saturated carbocycles. The first-order valence-electron chi connectivity index (χ1n) is 13.6. The summed E-state index contributed by atoms with van der Waals surface area (Å²) in [7, 11) is 5.41. The van der Waals surface area contributed by atoms with Crippen molar-refractivity contribution < 1.29 is 19.0 Å². The second kappa shape index (κ2) is 12.3. The predicted octanol–water partition coefficient (Wildman–Crippen LogP) is 7.07. The maximum atomic E-state index is 13.3. The van der Waals surface area contributed by atoms with Crippen molar-refractivity contribution in [1.82, 2.24) is 4.90 Å². The Morgan fingerprint density at radius 1 is 0.800 bits per heavy atom. The lowest BCUT2D eigenvalue weighted by Crippen LogP contribution is -2.35. The van der Waals surface area contributed by atoms with Gasteiger partial charge < -0.3 is 24.4 Å². The molecule has 0 unspecified atom stereocenters. The molecule has 0 aromatic heterocycles. The van der Waals surface area contributed by atoms with E-state index in [0.29, 0.717) is 11.3 Å². The molecule has 1 amide bonds. The minimum absolute atomic E-state index is 0.182. The number of rotatable bonds is 8. The SMILES string of the molecule is COc1cccc(-c2cc(C(=O)Nc3ccc(-c4ccc(OC5CCN(C)CC5)cc4)cc3C)ccc2OC)c1. The lowest BCUT2D eigenvalue weighted by Gasteiger charge is -2.29. The number of aryl methyl sites for hydroxylation is 1. The van der Waals surface area contributed by atoms with E-state index in [9.17, 15) is 4.79 Å². The number of ether oxygens (including phenoxy) is 3. The Labute approximate surface area is 236 Å². The second-order valence-electron chi connectivity index (χ2n) is 10.3. The van der Waals surface area contributed by atoms with Crippen molar-refractivity contribution in [3.8, 4) is 39.5 Å². The molecule has 1 N–H and O–H groups in total. The average Bonchev–Trinajstić information content (AvgIpc) is 2.99. The van der Waals surface area contributed by atoms with Crippen molar-refractivity contribution in [3.05, 3.63) is 96.1 Å². The van der Waals surface area contributed by atoms with Crippen LogP contribution in [0.1, 0.15) is 28.8 Å². The molecule has 4 aromatic rings. The van der Waals surface area contributed by atoms with E-state index in [1.807, 2.05) is 67.6 Å². The molecule has 1 aliphatic heterocycles. The molecule has 206 valence electrons. The summed E-state index contributed by atoms with van der Waals surface area (Å²) in [6, 6.07) is 27.5. The molecule has 1 heterocycles. The molecule has 1 fully saturated rings. The Morgan fingerprint density at radius 2 is 1.55 bits per heavy atom. The Balaban J connectivity index is 1.29. The molecule has 1 aliphatic rings. The largest absolute Gasteiger partial charge is 0.497 e. The van der Waals surface area contributed by atoms with Crippen LogP contribution in [0.25, 0.3) is 22.3 Å². The van der Waals surface area contributed by atoms with Crippen LogP contribution in [-0.2, 0) is 0 Å². The zero-order valence-corrected chi connectivity index (χ0v) is 23.6. The first-order valence-corrected chi connectivity index (χ1v) is 13.6. The lowest BCUT2D eigenvalue weighted by atomic mass is 10.0. The van der Waals surface area contributed by atoms with Crippen molar-refractivity contribution >= 4 is 11.6 Å². The highest BCUT2D eigenvalue weighted by atomic mass is 16.5. The molecule has 6 nitrogen and oxygen atoms in total. The number of carbonyl (C=O) groups is 1. The molecule has 40 heavy (non-hydrogen) atoms. The van der Waals surface area contributed by atoms with E-state index in [0.717, 1.165) is 70.9 Å². The number of amides is 1. The fraction of sp³-hybridized carbons (Fsp3) is 0.265. The zero-order valence-electron chi connectivity index (χ0n) is 23.6. The van der Waals surface area contributed by atoms with Gasteiger partial charge >= 0.3 is 0 Å². The summed E-state index contributed by atoms with van der Waals surface area (Å²) in [5.74, 6) is 2.16. The van der Waals surface area contributed by atoms with Gasteiger partial charge in [0.25, 0.3) is 5.91 Å². The minimum Gasteiger partial charge on any atom is -0.497 e. The van der Waals surface area contributed by atoms with Gasteiger partial charge in [-0.2, -0.15) is 0 Å². The zero-order chi connectivity index (χ0) is 28.1. The van der Waals surface area contributed by atoms with Gasteiger partial charge in [0.05, 0.1) is 14.2 Å². The lowest BCUT2D eigenvalue weighted by molar-refractivity contribution is 0.102. The van der Waals surface area contributed by atoms with E-state index in [1.54, 1.807) is 20.3 Å². The van der Waals surface area contributed by atoms with Crippen LogP contribution in [0.4, 0.5) is 5.69 Å². The van der Waals surface area contributed by atoms with E-state index in [2.05, 4.69) is 35.5 Å². The number of nitrogens with zero attached hydrogens (tertiary/aromatic N) is 1. The summed E-state index contributed by atoms with van der Waals surface area (Å²) in [4.78, 5) is 15.6. The van der Waals surface area contributed by atoms with Crippen LogP contribution in [0.2, 0.25) is 0 Å². The molecule has 5 rings (SSSR count). The molecule has 0 radical (unpaired) electrons. The van der Waals surface area contributed by atoms with Gasteiger partial charge in [-0.25, -0.2) is 0 Å².